The minimum atomic E-state index is 0.282. The highest BCUT2D eigenvalue weighted by Crippen LogP contribution is 2.19. The van der Waals surface area contributed by atoms with Crippen molar-refractivity contribution < 1.29 is 4.74 Å². The Morgan fingerprint density at radius 2 is 1.89 bits per heavy atom. The summed E-state index contributed by atoms with van der Waals surface area (Å²) in [6, 6.07) is 8.28. The molecule has 0 radical (unpaired) electrons. The molecule has 1 rings (SSSR count). The van der Waals surface area contributed by atoms with E-state index in [2.05, 4.69) is 44.3 Å². The summed E-state index contributed by atoms with van der Waals surface area (Å²) in [7, 11) is 0. The average Bonchev–Trinajstić information content (AvgIpc) is 2.43. The van der Waals surface area contributed by atoms with Crippen LogP contribution in [-0.2, 0) is 0 Å². The monoisotopic (exact) mass is 263 g/mol. The molecule has 2 nitrogen and oxygen atoms in total. The molecule has 0 fully saturated rings. The smallest absolute Gasteiger partial charge is 0.121 e. The third-order valence-corrected chi connectivity index (χ3v) is 3.36. The summed E-state index contributed by atoms with van der Waals surface area (Å²) in [4.78, 5) is 0. The number of benzene rings is 1. The lowest BCUT2D eigenvalue weighted by molar-refractivity contribution is 0.217. The van der Waals surface area contributed by atoms with Crippen LogP contribution in [0.4, 0.5) is 5.69 Å². The van der Waals surface area contributed by atoms with Crippen LogP contribution >= 0.6 is 0 Å². The first kappa shape index (κ1) is 15.9. The third kappa shape index (κ3) is 7.09. The molecule has 0 bridgehead atoms. The van der Waals surface area contributed by atoms with Crippen molar-refractivity contribution in [2.45, 2.75) is 65.4 Å². The summed E-state index contributed by atoms with van der Waals surface area (Å²) in [5.74, 6) is 0.963. The minimum Gasteiger partial charge on any atom is -0.491 e. The predicted molar refractivity (Wildman–Crippen MR) is 84.1 cm³/mol. The second-order valence-electron chi connectivity index (χ2n) is 5.21. The van der Waals surface area contributed by atoms with Gasteiger partial charge in [0.25, 0.3) is 0 Å². The molecule has 1 aromatic carbocycles. The number of hydrogen-bond acceptors (Lipinski definition) is 2. The first-order chi connectivity index (χ1) is 9.26. The van der Waals surface area contributed by atoms with Gasteiger partial charge in [-0.3, -0.25) is 0 Å². The van der Waals surface area contributed by atoms with Crippen LogP contribution in [0.1, 0.15) is 59.3 Å². The van der Waals surface area contributed by atoms with E-state index in [9.17, 15) is 0 Å². The molecule has 108 valence electrons. The largest absolute Gasteiger partial charge is 0.491 e. The van der Waals surface area contributed by atoms with Crippen LogP contribution in [0.15, 0.2) is 24.3 Å². The summed E-state index contributed by atoms with van der Waals surface area (Å²) in [6.45, 7) is 7.55. The molecule has 0 amide bonds. The number of rotatable bonds is 10. The second-order valence-corrected chi connectivity index (χ2v) is 5.21. The van der Waals surface area contributed by atoms with Gasteiger partial charge in [0, 0.05) is 18.3 Å². The lowest BCUT2D eigenvalue weighted by Crippen LogP contribution is -2.10. The Labute approximate surface area is 118 Å². The Bertz CT molecular complexity index is 338. The molecule has 0 aliphatic rings. The molecule has 0 saturated carbocycles. The summed E-state index contributed by atoms with van der Waals surface area (Å²) < 4.78 is 5.82. The maximum atomic E-state index is 5.82. The lowest BCUT2D eigenvalue weighted by Gasteiger charge is -2.14. The van der Waals surface area contributed by atoms with Crippen LogP contribution in [0.3, 0.4) is 0 Å². The third-order valence-electron chi connectivity index (χ3n) is 3.36. The molecule has 0 aromatic heterocycles. The molecule has 1 N–H and O–H groups in total. The van der Waals surface area contributed by atoms with E-state index < -0.39 is 0 Å². The van der Waals surface area contributed by atoms with Gasteiger partial charge in [-0.1, -0.05) is 45.6 Å². The van der Waals surface area contributed by atoms with E-state index in [1.54, 1.807) is 0 Å². The highest BCUT2D eigenvalue weighted by atomic mass is 16.5. The number of nitrogens with one attached hydrogen (secondary N) is 1. The molecule has 0 aliphatic carbocycles. The fourth-order valence-electron chi connectivity index (χ4n) is 1.96. The number of unbranched alkanes of at least 4 members (excludes halogenated alkanes) is 4. The van der Waals surface area contributed by atoms with Crippen molar-refractivity contribution in [2.24, 2.45) is 0 Å². The van der Waals surface area contributed by atoms with E-state index in [1.165, 1.54) is 32.1 Å². The predicted octanol–water partition coefficient (Wildman–Crippen LogP) is 5.25. The van der Waals surface area contributed by atoms with Crippen LogP contribution in [0.5, 0.6) is 5.75 Å². The SMILES string of the molecule is CCCCCCCNc1cccc(OC(C)CC)c1. The van der Waals surface area contributed by atoms with Crippen LogP contribution in [-0.4, -0.2) is 12.6 Å². The quantitative estimate of drug-likeness (QED) is 0.582. The Hall–Kier alpha value is -1.18. The molecule has 0 spiro atoms. The van der Waals surface area contributed by atoms with Crippen LogP contribution in [0.2, 0.25) is 0 Å². The highest BCUT2D eigenvalue weighted by Gasteiger charge is 2.01. The number of ether oxygens (including phenoxy) is 1. The zero-order valence-corrected chi connectivity index (χ0v) is 12.7. The molecule has 1 unspecified atom stereocenters. The number of anilines is 1. The highest BCUT2D eigenvalue weighted by molar-refractivity contribution is 5.48. The summed E-state index contributed by atoms with van der Waals surface area (Å²) >= 11 is 0. The minimum absolute atomic E-state index is 0.282. The van der Waals surface area contributed by atoms with Gasteiger partial charge >= 0.3 is 0 Å². The van der Waals surface area contributed by atoms with Gasteiger partial charge < -0.3 is 10.1 Å². The number of hydrogen-bond donors (Lipinski definition) is 1. The van der Waals surface area contributed by atoms with Crippen molar-refractivity contribution in [3.63, 3.8) is 0 Å². The zero-order valence-electron chi connectivity index (χ0n) is 12.7. The molecule has 0 heterocycles. The fourth-order valence-corrected chi connectivity index (χ4v) is 1.96. The van der Waals surface area contributed by atoms with Gasteiger partial charge in [-0.05, 0) is 31.9 Å². The summed E-state index contributed by atoms with van der Waals surface area (Å²) in [5.41, 5.74) is 1.16. The van der Waals surface area contributed by atoms with Crippen LogP contribution in [0, 0.1) is 0 Å². The standard InChI is InChI=1S/C17H29NO/c1-4-6-7-8-9-13-18-16-11-10-12-17(14-16)19-15(3)5-2/h10-12,14-15,18H,4-9,13H2,1-3H3. The molecule has 0 aliphatic heterocycles. The van der Waals surface area contributed by atoms with Crippen LogP contribution < -0.4 is 10.1 Å². The van der Waals surface area contributed by atoms with Gasteiger partial charge in [0.1, 0.15) is 5.75 Å². The van der Waals surface area contributed by atoms with Crippen LogP contribution in [0.25, 0.3) is 0 Å². The molecule has 0 saturated heterocycles. The average molecular weight is 263 g/mol. The maximum Gasteiger partial charge on any atom is 0.121 e. The van der Waals surface area contributed by atoms with Gasteiger partial charge in [0.2, 0.25) is 0 Å². The normalized spacial score (nSPS) is 12.2. The van der Waals surface area contributed by atoms with E-state index in [4.69, 9.17) is 4.74 Å². The van der Waals surface area contributed by atoms with Gasteiger partial charge in [-0.2, -0.15) is 0 Å². The molecule has 19 heavy (non-hydrogen) atoms. The topological polar surface area (TPSA) is 21.3 Å². The Morgan fingerprint density at radius 1 is 1.11 bits per heavy atom. The van der Waals surface area contributed by atoms with Gasteiger partial charge in [0.05, 0.1) is 6.10 Å². The van der Waals surface area contributed by atoms with Gasteiger partial charge in [0.15, 0.2) is 0 Å². The molecular formula is C17H29NO. The molecular weight excluding hydrogens is 234 g/mol. The maximum absolute atomic E-state index is 5.82. The van der Waals surface area contributed by atoms with E-state index in [1.807, 2.05) is 6.07 Å². The van der Waals surface area contributed by atoms with Crippen molar-refractivity contribution >= 4 is 5.69 Å². The van der Waals surface area contributed by atoms with E-state index in [0.29, 0.717) is 0 Å². The Balaban J connectivity index is 2.28. The Morgan fingerprint density at radius 3 is 2.63 bits per heavy atom. The van der Waals surface area contributed by atoms with Crippen molar-refractivity contribution in [1.82, 2.24) is 0 Å². The van der Waals surface area contributed by atoms with E-state index in [0.717, 1.165) is 24.4 Å². The van der Waals surface area contributed by atoms with Crippen molar-refractivity contribution in [2.75, 3.05) is 11.9 Å². The summed E-state index contributed by atoms with van der Waals surface area (Å²) in [5, 5.41) is 3.47. The molecule has 1 atom stereocenters. The van der Waals surface area contributed by atoms with E-state index in [-0.39, 0.29) is 6.10 Å². The van der Waals surface area contributed by atoms with Gasteiger partial charge in [-0.25, -0.2) is 0 Å². The van der Waals surface area contributed by atoms with Gasteiger partial charge in [-0.15, -0.1) is 0 Å². The van der Waals surface area contributed by atoms with E-state index >= 15 is 0 Å². The van der Waals surface area contributed by atoms with Crippen molar-refractivity contribution in [1.29, 1.82) is 0 Å². The summed E-state index contributed by atoms with van der Waals surface area (Å²) in [6.07, 6.45) is 7.91. The molecule has 1 aromatic rings. The zero-order chi connectivity index (χ0) is 13.9. The fraction of sp³-hybridized carbons (Fsp3) is 0.647. The lowest BCUT2D eigenvalue weighted by atomic mass is 10.1. The van der Waals surface area contributed by atoms with Crippen molar-refractivity contribution in [3.05, 3.63) is 24.3 Å². The Kier molecular flexibility index (Phi) is 8.11. The second kappa shape index (κ2) is 9.71. The molecule has 2 heteroatoms. The first-order valence-electron chi connectivity index (χ1n) is 7.76. The van der Waals surface area contributed by atoms with Crippen molar-refractivity contribution in [3.8, 4) is 5.75 Å². The first-order valence-corrected chi connectivity index (χ1v) is 7.76.